The van der Waals surface area contributed by atoms with Crippen molar-refractivity contribution in [2.75, 3.05) is 11.9 Å². The van der Waals surface area contributed by atoms with Crippen LogP contribution in [0, 0.1) is 18.2 Å². The highest BCUT2D eigenvalue weighted by Gasteiger charge is 2.11. The Morgan fingerprint density at radius 1 is 1.11 bits per heavy atom. The zero-order chi connectivity index (χ0) is 19.2. The number of benzene rings is 2. The van der Waals surface area contributed by atoms with E-state index < -0.39 is 17.3 Å². The predicted molar refractivity (Wildman–Crippen MR) is 98.5 cm³/mol. The molecule has 0 bridgehead atoms. The van der Waals surface area contributed by atoms with Crippen molar-refractivity contribution in [2.45, 2.75) is 0 Å². The molecule has 0 unspecified atom stereocenters. The molecule has 0 aliphatic rings. The van der Waals surface area contributed by atoms with Crippen LogP contribution >= 0.6 is 0 Å². The molecule has 0 aliphatic carbocycles. The molecule has 3 rings (SSSR count). The highest BCUT2D eigenvalue weighted by molar-refractivity contribution is 6.02. The smallest absolute Gasteiger partial charge is 0.276 e. The third-order valence-corrected chi connectivity index (χ3v) is 3.54. The maximum Gasteiger partial charge on any atom is 0.276 e. The van der Waals surface area contributed by atoms with E-state index >= 15 is 0 Å². The minimum Gasteiger partial charge on any atom is -0.481 e. The molecule has 1 N–H and O–H groups in total. The maximum atomic E-state index is 13.1. The second kappa shape index (κ2) is 7.97. The molecule has 27 heavy (non-hydrogen) atoms. The van der Waals surface area contributed by atoms with E-state index in [4.69, 9.17) is 11.2 Å². The van der Waals surface area contributed by atoms with Crippen molar-refractivity contribution in [2.24, 2.45) is 0 Å². The van der Waals surface area contributed by atoms with E-state index in [-0.39, 0.29) is 12.3 Å². The predicted octanol–water partition coefficient (Wildman–Crippen LogP) is 2.64. The van der Waals surface area contributed by atoms with E-state index in [9.17, 15) is 14.0 Å². The van der Waals surface area contributed by atoms with Gasteiger partial charge in [0.2, 0.25) is 0 Å². The van der Waals surface area contributed by atoms with Crippen LogP contribution in [0.25, 0.3) is 5.69 Å². The van der Waals surface area contributed by atoms with Gasteiger partial charge < -0.3 is 10.1 Å². The zero-order valence-corrected chi connectivity index (χ0v) is 14.1. The van der Waals surface area contributed by atoms with Gasteiger partial charge in [-0.3, -0.25) is 9.59 Å². The van der Waals surface area contributed by atoms with Gasteiger partial charge in [-0.15, -0.1) is 6.42 Å². The Kier molecular flexibility index (Phi) is 5.28. The average Bonchev–Trinajstić information content (AvgIpc) is 2.68. The second-order valence-corrected chi connectivity index (χ2v) is 5.42. The molecule has 1 heterocycles. The third kappa shape index (κ3) is 4.38. The Balaban J connectivity index is 1.79. The molecule has 0 spiro atoms. The molecule has 0 atom stereocenters. The minimum atomic E-state index is -0.497. The largest absolute Gasteiger partial charge is 0.481 e. The second-order valence-electron chi connectivity index (χ2n) is 5.42. The third-order valence-electron chi connectivity index (χ3n) is 3.54. The van der Waals surface area contributed by atoms with Crippen LogP contribution in [-0.2, 0) is 0 Å². The lowest BCUT2D eigenvalue weighted by Crippen LogP contribution is -2.24. The molecule has 1 aromatic heterocycles. The molecule has 7 heteroatoms. The van der Waals surface area contributed by atoms with Crippen LogP contribution in [0.3, 0.4) is 0 Å². The van der Waals surface area contributed by atoms with Gasteiger partial charge in [0.05, 0.1) is 5.69 Å². The number of hydrogen-bond acceptors (Lipinski definition) is 4. The van der Waals surface area contributed by atoms with E-state index in [2.05, 4.69) is 16.3 Å². The number of nitrogens with one attached hydrogen (secondary N) is 1. The lowest BCUT2D eigenvalue weighted by Gasteiger charge is -2.08. The summed E-state index contributed by atoms with van der Waals surface area (Å²) in [6, 6.07) is 14.4. The molecule has 2 aromatic carbocycles. The van der Waals surface area contributed by atoms with E-state index in [1.807, 2.05) is 0 Å². The van der Waals surface area contributed by atoms with E-state index in [1.54, 1.807) is 24.3 Å². The van der Waals surface area contributed by atoms with Crippen molar-refractivity contribution in [3.05, 3.63) is 82.5 Å². The highest BCUT2D eigenvalue weighted by atomic mass is 19.1. The number of terminal acetylenes is 1. The monoisotopic (exact) mass is 363 g/mol. The molecule has 3 aromatic rings. The first kappa shape index (κ1) is 17.9. The van der Waals surface area contributed by atoms with Crippen molar-refractivity contribution >= 4 is 11.6 Å². The molecule has 1 amide bonds. The van der Waals surface area contributed by atoms with Gasteiger partial charge in [0, 0.05) is 11.8 Å². The number of carbonyl (C=O) groups is 1. The maximum absolute atomic E-state index is 13.1. The Morgan fingerprint density at radius 2 is 1.81 bits per heavy atom. The van der Waals surface area contributed by atoms with Crippen LogP contribution in [0.1, 0.15) is 10.5 Å². The number of amides is 1. The number of hydrogen-bond donors (Lipinski definition) is 1. The SMILES string of the molecule is C#CCOc1ccc(NC(=O)c2ccc(=O)n(-c3ccc(F)cc3)n2)cc1. The van der Waals surface area contributed by atoms with Crippen LogP contribution in [0.5, 0.6) is 5.75 Å². The molecule has 0 radical (unpaired) electrons. The normalized spacial score (nSPS) is 10.1. The molecular formula is C20H14FN3O3. The summed E-state index contributed by atoms with van der Waals surface area (Å²) in [7, 11) is 0. The zero-order valence-electron chi connectivity index (χ0n) is 14.1. The lowest BCUT2D eigenvalue weighted by molar-refractivity contribution is 0.102. The topological polar surface area (TPSA) is 73.2 Å². The number of halogens is 1. The summed E-state index contributed by atoms with van der Waals surface area (Å²) in [5, 5.41) is 6.73. The van der Waals surface area contributed by atoms with E-state index in [1.165, 1.54) is 36.4 Å². The fourth-order valence-electron chi connectivity index (χ4n) is 2.25. The van der Waals surface area contributed by atoms with Crippen molar-refractivity contribution in [1.29, 1.82) is 0 Å². The first-order chi connectivity index (χ1) is 13.1. The summed E-state index contributed by atoms with van der Waals surface area (Å²) in [5.74, 6) is 2.01. The molecule has 0 fully saturated rings. The Bertz CT molecular complexity index is 1050. The van der Waals surface area contributed by atoms with Gasteiger partial charge in [-0.25, -0.2) is 4.39 Å². The molecular weight excluding hydrogens is 349 g/mol. The highest BCUT2D eigenvalue weighted by Crippen LogP contribution is 2.16. The molecule has 134 valence electrons. The molecule has 0 saturated carbocycles. The van der Waals surface area contributed by atoms with Crippen LogP contribution in [0.2, 0.25) is 0 Å². The first-order valence-electron chi connectivity index (χ1n) is 7.91. The first-order valence-corrected chi connectivity index (χ1v) is 7.91. The number of aromatic nitrogens is 2. The number of rotatable bonds is 5. The van der Waals surface area contributed by atoms with E-state index in [0.717, 1.165) is 4.68 Å². The van der Waals surface area contributed by atoms with Crippen molar-refractivity contribution in [3.8, 4) is 23.8 Å². The standard InChI is InChI=1S/C20H14FN3O3/c1-2-13-27-17-9-5-15(6-10-17)22-20(26)18-11-12-19(25)24(23-18)16-7-3-14(21)4-8-16/h1,3-12H,13H2,(H,22,26). The van der Waals surface area contributed by atoms with Gasteiger partial charge in [0.25, 0.3) is 11.5 Å². The van der Waals surface area contributed by atoms with Crippen LogP contribution < -0.4 is 15.6 Å². The van der Waals surface area contributed by atoms with Crippen LogP contribution in [-0.4, -0.2) is 22.3 Å². The number of nitrogens with zero attached hydrogens (tertiary/aromatic N) is 2. The van der Waals surface area contributed by atoms with Gasteiger partial charge in [-0.1, -0.05) is 5.92 Å². The minimum absolute atomic E-state index is 0.0339. The van der Waals surface area contributed by atoms with Gasteiger partial charge in [-0.05, 0) is 54.6 Å². The van der Waals surface area contributed by atoms with Crippen molar-refractivity contribution in [3.63, 3.8) is 0 Å². The average molecular weight is 363 g/mol. The Morgan fingerprint density at radius 3 is 2.48 bits per heavy atom. The van der Waals surface area contributed by atoms with Gasteiger partial charge in [-0.2, -0.15) is 9.78 Å². The number of ether oxygens (including phenoxy) is 1. The van der Waals surface area contributed by atoms with Crippen LogP contribution in [0.4, 0.5) is 10.1 Å². The fraction of sp³-hybridized carbons (Fsp3) is 0.0500. The summed E-state index contributed by atoms with van der Waals surface area (Å²) in [5.41, 5.74) is 0.472. The van der Waals surface area contributed by atoms with Crippen molar-refractivity contribution in [1.82, 2.24) is 9.78 Å². The summed E-state index contributed by atoms with van der Waals surface area (Å²) in [6.07, 6.45) is 5.13. The Labute approximate surface area is 154 Å². The van der Waals surface area contributed by atoms with Gasteiger partial charge in [0.15, 0.2) is 0 Å². The summed E-state index contributed by atoms with van der Waals surface area (Å²) in [4.78, 5) is 24.4. The quantitative estimate of drug-likeness (QED) is 0.708. The Hall–Kier alpha value is -3.92. The summed E-state index contributed by atoms with van der Waals surface area (Å²) < 4.78 is 19.4. The van der Waals surface area contributed by atoms with E-state index in [0.29, 0.717) is 17.1 Å². The number of anilines is 1. The van der Waals surface area contributed by atoms with Crippen LogP contribution in [0.15, 0.2) is 65.5 Å². The van der Waals surface area contributed by atoms with Gasteiger partial charge in [0.1, 0.15) is 23.9 Å². The van der Waals surface area contributed by atoms with Crippen molar-refractivity contribution < 1.29 is 13.9 Å². The summed E-state index contributed by atoms with van der Waals surface area (Å²) in [6.45, 7) is 0.153. The molecule has 6 nitrogen and oxygen atoms in total. The molecule has 0 aliphatic heterocycles. The van der Waals surface area contributed by atoms with Gasteiger partial charge >= 0.3 is 0 Å². The lowest BCUT2D eigenvalue weighted by atomic mass is 10.3. The number of carbonyl (C=O) groups excluding carboxylic acids is 1. The summed E-state index contributed by atoms with van der Waals surface area (Å²) >= 11 is 0. The molecule has 0 saturated heterocycles. The fourth-order valence-corrected chi connectivity index (χ4v) is 2.25.